The van der Waals surface area contributed by atoms with E-state index < -0.39 is 17.9 Å². The lowest BCUT2D eigenvalue weighted by molar-refractivity contribution is -0.130. The number of carbonyl (C=O) groups excluding carboxylic acids is 2. The van der Waals surface area contributed by atoms with E-state index in [9.17, 15) is 9.59 Å². The zero-order chi connectivity index (χ0) is 22.8. The molecule has 32 heavy (non-hydrogen) atoms. The van der Waals surface area contributed by atoms with E-state index in [4.69, 9.17) is 11.6 Å². The number of hydrogen-bond donors (Lipinski definition) is 1. The molecule has 1 heterocycles. The van der Waals surface area contributed by atoms with Gasteiger partial charge in [0.25, 0.3) is 11.8 Å². The highest BCUT2D eigenvalue weighted by molar-refractivity contribution is 6.34. The van der Waals surface area contributed by atoms with Gasteiger partial charge < -0.3 is 10.2 Å². The number of rotatable bonds is 5. The Morgan fingerprint density at radius 3 is 2.34 bits per heavy atom. The molecule has 0 radical (unpaired) electrons. The fourth-order valence-electron chi connectivity index (χ4n) is 3.37. The number of nitrogens with one attached hydrogen (secondary N) is 1. The summed E-state index contributed by atoms with van der Waals surface area (Å²) >= 11 is 6.26. The summed E-state index contributed by atoms with van der Waals surface area (Å²) in [6.07, 6.45) is 0. The van der Waals surface area contributed by atoms with Crippen molar-refractivity contribution in [1.82, 2.24) is 15.0 Å². The van der Waals surface area contributed by atoms with Gasteiger partial charge in [-0.15, -0.1) is 0 Å². The highest BCUT2D eigenvalue weighted by atomic mass is 35.5. The lowest BCUT2D eigenvalue weighted by atomic mass is 10.2. The van der Waals surface area contributed by atoms with E-state index in [1.165, 1.54) is 9.70 Å². The number of aryl methyl sites for hydroxylation is 2. The molecule has 1 atom stereocenters. The molecule has 0 spiro atoms. The summed E-state index contributed by atoms with van der Waals surface area (Å²) in [5.41, 5.74) is 4.20. The summed E-state index contributed by atoms with van der Waals surface area (Å²) in [7, 11) is 1.62. The number of hydrogen-bond acceptors (Lipinski definition) is 4. The van der Waals surface area contributed by atoms with Crippen LogP contribution in [0, 0.1) is 13.8 Å². The van der Waals surface area contributed by atoms with Crippen molar-refractivity contribution in [1.29, 1.82) is 0 Å². The molecule has 3 aromatic carbocycles. The molecule has 0 saturated carbocycles. The molecule has 1 N–H and O–H groups in total. The third-order valence-electron chi connectivity index (χ3n) is 5.12. The van der Waals surface area contributed by atoms with Gasteiger partial charge in [0.15, 0.2) is 0 Å². The fraction of sp³-hybridized carbons (Fsp3) is 0.167. The van der Waals surface area contributed by atoms with Crippen molar-refractivity contribution >= 4 is 45.8 Å². The number of anilines is 2. The van der Waals surface area contributed by atoms with Crippen LogP contribution < -0.4 is 10.2 Å². The van der Waals surface area contributed by atoms with Crippen LogP contribution in [0.2, 0.25) is 5.02 Å². The van der Waals surface area contributed by atoms with Crippen LogP contribution >= 0.6 is 11.6 Å². The molecule has 0 saturated heterocycles. The third-order valence-corrected chi connectivity index (χ3v) is 5.45. The predicted molar refractivity (Wildman–Crippen MR) is 126 cm³/mol. The normalized spacial score (nSPS) is 11.9. The van der Waals surface area contributed by atoms with Gasteiger partial charge in [0.1, 0.15) is 11.0 Å². The average molecular weight is 448 g/mol. The number of amides is 2. The maximum atomic E-state index is 13.5. The minimum atomic E-state index is -1.33. The van der Waals surface area contributed by atoms with Crippen LogP contribution in [0.15, 0.2) is 66.7 Å². The molecule has 0 fully saturated rings. The number of halogens is 1. The molecule has 162 valence electrons. The molecule has 7 nitrogen and oxygen atoms in total. The number of benzene rings is 3. The second kappa shape index (κ2) is 8.80. The molecule has 1 unspecified atom stereocenters. The minimum Gasteiger partial charge on any atom is -0.322 e. The number of aromatic nitrogens is 3. The summed E-state index contributed by atoms with van der Waals surface area (Å²) in [5.74, 6) is -1.06. The predicted octanol–water partition coefficient (Wildman–Crippen LogP) is 4.54. The van der Waals surface area contributed by atoms with E-state index in [0.717, 1.165) is 11.1 Å². The molecule has 0 aliphatic rings. The van der Waals surface area contributed by atoms with Crippen LogP contribution in [-0.2, 0) is 9.59 Å². The summed E-state index contributed by atoms with van der Waals surface area (Å²) < 4.78 is 0. The van der Waals surface area contributed by atoms with Gasteiger partial charge in [-0.3, -0.25) is 9.59 Å². The third kappa shape index (κ3) is 4.33. The highest BCUT2D eigenvalue weighted by Crippen LogP contribution is 2.25. The standard InChI is InChI=1S/C24H22ClN5O2/c1-15-9-11-18(25)20(13-15)26-23(31)22(24(32)29(3)17-7-5-4-6-8-17)30-27-19-12-10-16(2)14-21(19)28-30/h4-14,22H,1-3H3,(H,26,31). The van der Waals surface area contributed by atoms with E-state index in [-0.39, 0.29) is 0 Å². The molecule has 1 aromatic heterocycles. The van der Waals surface area contributed by atoms with Crippen LogP contribution in [-0.4, -0.2) is 33.9 Å². The van der Waals surface area contributed by atoms with Gasteiger partial charge in [-0.2, -0.15) is 15.0 Å². The number of likely N-dealkylation sites (N-methyl/N-ethyl adjacent to an activating group) is 1. The summed E-state index contributed by atoms with van der Waals surface area (Å²) in [4.78, 5) is 29.5. The molecular weight excluding hydrogens is 426 g/mol. The van der Waals surface area contributed by atoms with E-state index >= 15 is 0 Å². The Kier molecular flexibility index (Phi) is 5.92. The Morgan fingerprint density at radius 2 is 1.59 bits per heavy atom. The van der Waals surface area contributed by atoms with Crippen LogP contribution in [0.1, 0.15) is 17.2 Å². The summed E-state index contributed by atoms with van der Waals surface area (Å²) in [5, 5.41) is 12.0. The topological polar surface area (TPSA) is 80.1 Å². The van der Waals surface area contributed by atoms with Crippen molar-refractivity contribution in [2.45, 2.75) is 19.9 Å². The van der Waals surface area contributed by atoms with Gasteiger partial charge in [-0.25, -0.2) is 0 Å². The Hall–Kier alpha value is -3.71. The smallest absolute Gasteiger partial charge is 0.263 e. The van der Waals surface area contributed by atoms with Crippen molar-refractivity contribution in [3.8, 4) is 0 Å². The van der Waals surface area contributed by atoms with Crippen molar-refractivity contribution in [3.63, 3.8) is 0 Å². The van der Waals surface area contributed by atoms with Gasteiger partial charge >= 0.3 is 0 Å². The first-order valence-electron chi connectivity index (χ1n) is 10.1. The van der Waals surface area contributed by atoms with Crippen molar-refractivity contribution in [2.24, 2.45) is 0 Å². The number of nitrogens with zero attached hydrogens (tertiary/aromatic N) is 4. The lowest BCUT2D eigenvalue weighted by Crippen LogP contribution is -2.42. The first-order chi connectivity index (χ1) is 15.3. The van der Waals surface area contributed by atoms with Crippen molar-refractivity contribution in [2.75, 3.05) is 17.3 Å². The zero-order valence-corrected chi connectivity index (χ0v) is 18.7. The summed E-state index contributed by atoms with van der Waals surface area (Å²) in [6.45, 7) is 3.83. The van der Waals surface area contributed by atoms with E-state index in [0.29, 0.717) is 27.4 Å². The Labute approximate surface area is 190 Å². The quantitative estimate of drug-likeness (QED) is 0.455. The number of fused-ring (bicyclic) bond motifs is 1. The monoisotopic (exact) mass is 447 g/mol. The van der Waals surface area contributed by atoms with Crippen LogP contribution in [0.25, 0.3) is 11.0 Å². The number of carbonyl (C=O) groups is 2. The Bertz CT molecular complexity index is 1300. The maximum Gasteiger partial charge on any atom is 0.263 e. The zero-order valence-electron chi connectivity index (χ0n) is 17.9. The average Bonchev–Trinajstić information content (AvgIpc) is 3.18. The van der Waals surface area contributed by atoms with Crippen LogP contribution in [0.5, 0.6) is 0 Å². The second-order valence-corrected chi connectivity index (χ2v) is 8.03. The highest BCUT2D eigenvalue weighted by Gasteiger charge is 2.34. The molecule has 0 aliphatic heterocycles. The first kappa shape index (κ1) is 21.5. The molecule has 4 aromatic rings. The fourth-order valence-corrected chi connectivity index (χ4v) is 3.54. The van der Waals surface area contributed by atoms with E-state index in [2.05, 4.69) is 15.5 Å². The van der Waals surface area contributed by atoms with E-state index in [1.807, 2.05) is 56.3 Å². The van der Waals surface area contributed by atoms with Crippen molar-refractivity contribution in [3.05, 3.63) is 82.9 Å². The molecule has 4 rings (SSSR count). The Morgan fingerprint density at radius 1 is 0.938 bits per heavy atom. The molecule has 0 aliphatic carbocycles. The van der Waals surface area contributed by atoms with Gasteiger partial charge in [0, 0.05) is 12.7 Å². The van der Waals surface area contributed by atoms with Crippen LogP contribution in [0.4, 0.5) is 11.4 Å². The van der Waals surface area contributed by atoms with E-state index in [1.54, 1.807) is 31.3 Å². The summed E-state index contributed by atoms with van der Waals surface area (Å²) in [6, 6.07) is 18.6. The van der Waals surface area contributed by atoms with Gasteiger partial charge in [-0.05, 0) is 61.4 Å². The second-order valence-electron chi connectivity index (χ2n) is 7.62. The molecule has 2 amide bonds. The lowest BCUT2D eigenvalue weighted by Gasteiger charge is -2.23. The van der Waals surface area contributed by atoms with Gasteiger partial charge in [0.05, 0.1) is 10.7 Å². The first-order valence-corrected chi connectivity index (χ1v) is 10.4. The number of para-hydroxylation sites is 1. The Balaban J connectivity index is 1.75. The van der Waals surface area contributed by atoms with Crippen LogP contribution in [0.3, 0.4) is 0 Å². The van der Waals surface area contributed by atoms with Crippen molar-refractivity contribution < 1.29 is 9.59 Å². The largest absolute Gasteiger partial charge is 0.322 e. The molecular formula is C24H22ClN5O2. The maximum absolute atomic E-state index is 13.5. The SMILES string of the molecule is Cc1ccc(Cl)c(NC(=O)C(C(=O)N(C)c2ccccc2)n2nc3ccc(C)cc3n2)c1. The van der Waals surface area contributed by atoms with Gasteiger partial charge in [-0.1, -0.05) is 41.9 Å². The minimum absolute atomic E-state index is 0.376. The van der Waals surface area contributed by atoms with Gasteiger partial charge in [0.2, 0.25) is 6.04 Å². The molecule has 8 heteroatoms. The molecule has 0 bridgehead atoms.